The molecule has 5 nitrogen and oxygen atoms in total. The molecule has 2 rings (SSSR count). The summed E-state index contributed by atoms with van der Waals surface area (Å²) in [5.41, 5.74) is 0.158. The average molecular weight is 355 g/mol. The summed E-state index contributed by atoms with van der Waals surface area (Å²) < 4.78 is 15.2. The first-order chi connectivity index (χ1) is 10.7. The lowest BCUT2D eigenvalue weighted by molar-refractivity contribution is -0.222. The molecule has 0 unspecified atom stereocenters. The number of benzene rings is 1. The van der Waals surface area contributed by atoms with Crippen molar-refractivity contribution >= 4 is 41.2 Å². The van der Waals surface area contributed by atoms with Crippen molar-refractivity contribution in [2.45, 2.75) is 19.6 Å². The lowest BCUT2D eigenvalue weighted by atomic mass is 10.1. The zero-order valence-corrected chi connectivity index (χ0v) is 13.8. The second-order valence-corrected chi connectivity index (χ2v) is 5.86. The van der Waals surface area contributed by atoms with Gasteiger partial charge in [-0.25, -0.2) is 9.59 Å². The van der Waals surface area contributed by atoms with E-state index in [-0.39, 0.29) is 28.0 Å². The molecule has 1 fully saturated rings. The fourth-order valence-corrected chi connectivity index (χ4v) is 2.47. The van der Waals surface area contributed by atoms with Gasteiger partial charge in [0.05, 0.1) is 10.0 Å². The van der Waals surface area contributed by atoms with E-state index in [4.69, 9.17) is 43.8 Å². The van der Waals surface area contributed by atoms with Gasteiger partial charge in [0.2, 0.25) is 0 Å². The molecule has 1 saturated heterocycles. The Morgan fingerprint density at radius 1 is 1.22 bits per heavy atom. The molecule has 0 spiro atoms. The average Bonchev–Trinajstić information content (AvgIpc) is 2.41. The monoisotopic (exact) mass is 354 g/mol. The summed E-state index contributed by atoms with van der Waals surface area (Å²) in [5, 5.41) is 0.384. The van der Waals surface area contributed by atoms with Crippen molar-refractivity contribution in [3.63, 3.8) is 0 Å². The van der Waals surface area contributed by atoms with Gasteiger partial charge in [0.15, 0.2) is 5.75 Å². The highest BCUT2D eigenvalue weighted by Crippen LogP contribution is 2.35. The smallest absolute Gasteiger partial charge is 0.348 e. The molecular weight excluding hydrogens is 343 g/mol. The van der Waals surface area contributed by atoms with E-state index < -0.39 is 17.7 Å². The van der Waals surface area contributed by atoms with Crippen molar-refractivity contribution in [1.82, 2.24) is 0 Å². The predicted molar refractivity (Wildman–Crippen MR) is 85.0 cm³/mol. The molecule has 23 heavy (non-hydrogen) atoms. The largest absolute Gasteiger partial charge is 0.478 e. The van der Waals surface area contributed by atoms with Gasteiger partial charge in [-0.2, -0.15) is 0 Å². The first-order valence-corrected chi connectivity index (χ1v) is 7.23. The number of hydrogen-bond donors (Lipinski definition) is 0. The third kappa shape index (κ3) is 3.98. The molecular formula is C16H12Cl2O5. The van der Waals surface area contributed by atoms with Crippen molar-refractivity contribution in [3.8, 4) is 18.1 Å². The molecule has 1 heterocycles. The van der Waals surface area contributed by atoms with Gasteiger partial charge in [-0.05, 0) is 23.8 Å². The zero-order chi connectivity index (χ0) is 17.2. The van der Waals surface area contributed by atoms with E-state index in [9.17, 15) is 9.59 Å². The third-order valence-electron chi connectivity index (χ3n) is 2.75. The molecule has 1 aromatic rings. The number of carbonyl (C=O) groups excluding carboxylic acids is 2. The zero-order valence-electron chi connectivity index (χ0n) is 12.3. The van der Waals surface area contributed by atoms with Crippen molar-refractivity contribution in [1.29, 1.82) is 0 Å². The van der Waals surface area contributed by atoms with Gasteiger partial charge < -0.3 is 14.2 Å². The Hall–Kier alpha value is -2.16. The van der Waals surface area contributed by atoms with E-state index in [1.54, 1.807) is 0 Å². The van der Waals surface area contributed by atoms with Gasteiger partial charge >= 0.3 is 11.9 Å². The summed E-state index contributed by atoms with van der Waals surface area (Å²) in [5.74, 6) is -0.348. The molecule has 7 heteroatoms. The van der Waals surface area contributed by atoms with Crippen LogP contribution in [0.4, 0.5) is 0 Å². The third-order valence-corrected chi connectivity index (χ3v) is 3.31. The number of rotatable bonds is 3. The van der Waals surface area contributed by atoms with E-state index in [0.29, 0.717) is 5.56 Å². The second-order valence-electron chi connectivity index (χ2n) is 5.04. The number of halogens is 2. The minimum absolute atomic E-state index is 0.00755. The molecule has 0 N–H and O–H groups in total. The van der Waals surface area contributed by atoms with Crippen molar-refractivity contribution in [2.24, 2.45) is 0 Å². The minimum Gasteiger partial charge on any atom is -0.478 e. The summed E-state index contributed by atoms with van der Waals surface area (Å²) in [6.45, 7) is 2.93. The molecule has 1 aliphatic heterocycles. The molecule has 120 valence electrons. The van der Waals surface area contributed by atoms with Gasteiger partial charge in [0, 0.05) is 13.8 Å². The van der Waals surface area contributed by atoms with Crippen LogP contribution in [-0.4, -0.2) is 24.3 Å². The van der Waals surface area contributed by atoms with Crippen molar-refractivity contribution in [2.75, 3.05) is 6.61 Å². The molecule has 0 amide bonds. The molecule has 1 aromatic carbocycles. The van der Waals surface area contributed by atoms with Crippen LogP contribution in [0.1, 0.15) is 19.4 Å². The molecule has 0 aliphatic carbocycles. The van der Waals surface area contributed by atoms with Crippen LogP contribution in [0.5, 0.6) is 5.75 Å². The summed E-state index contributed by atoms with van der Waals surface area (Å²) in [6, 6.07) is 2.96. The van der Waals surface area contributed by atoms with Crippen LogP contribution < -0.4 is 4.74 Å². The highest BCUT2D eigenvalue weighted by molar-refractivity contribution is 6.37. The summed E-state index contributed by atoms with van der Waals surface area (Å²) >= 11 is 12.1. The topological polar surface area (TPSA) is 61.8 Å². The van der Waals surface area contributed by atoms with Crippen molar-refractivity contribution < 1.29 is 23.8 Å². The van der Waals surface area contributed by atoms with Gasteiger partial charge in [-0.15, -0.1) is 6.42 Å². The summed E-state index contributed by atoms with van der Waals surface area (Å²) in [7, 11) is 0. The van der Waals surface area contributed by atoms with Crippen LogP contribution in [0.15, 0.2) is 17.7 Å². The number of carbonyl (C=O) groups is 2. The quantitative estimate of drug-likeness (QED) is 0.361. The lowest BCUT2D eigenvalue weighted by Crippen LogP contribution is -2.41. The number of terminal acetylenes is 1. The van der Waals surface area contributed by atoms with Gasteiger partial charge in [-0.1, -0.05) is 29.1 Å². The van der Waals surface area contributed by atoms with Gasteiger partial charge in [-0.3, -0.25) is 0 Å². The summed E-state index contributed by atoms with van der Waals surface area (Å²) in [6.07, 6.45) is 6.39. The van der Waals surface area contributed by atoms with E-state index in [1.807, 2.05) is 0 Å². The summed E-state index contributed by atoms with van der Waals surface area (Å²) in [4.78, 5) is 23.8. The Labute approximate surface area is 143 Å². The molecule has 0 bridgehead atoms. The number of cyclic esters (lactones) is 2. The van der Waals surface area contributed by atoms with Gasteiger partial charge in [0.1, 0.15) is 12.2 Å². The predicted octanol–water partition coefficient (Wildman–Crippen LogP) is 3.22. The van der Waals surface area contributed by atoms with Crippen LogP contribution in [0.3, 0.4) is 0 Å². The minimum atomic E-state index is -1.30. The molecule has 0 radical (unpaired) electrons. The van der Waals surface area contributed by atoms with E-state index in [1.165, 1.54) is 32.1 Å². The van der Waals surface area contributed by atoms with Gasteiger partial charge in [0.25, 0.3) is 5.79 Å². The first kappa shape index (κ1) is 17.2. The van der Waals surface area contributed by atoms with E-state index >= 15 is 0 Å². The highest BCUT2D eigenvalue weighted by Gasteiger charge is 2.38. The van der Waals surface area contributed by atoms with Crippen LogP contribution in [-0.2, 0) is 19.1 Å². The van der Waals surface area contributed by atoms with E-state index in [2.05, 4.69) is 5.92 Å². The highest BCUT2D eigenvalue weighted by atomic mass is 35.5. The standard InChI is InChI=1S/C16H12Cl2O5/c1-4-5-21-13-11(17)7-9(8-12(13)18)6-10-14(19)22-16(2,3)23-15(10)20/h1,6-8H,5H2,2-3H3. The van der Waals surface area contributed by atoms with Crippen LogP contribution in [0, 0.1) is 12.3 Å². The number of ether oxygens (including phenoxy) is 3. The van der Waals surface area contributed by atoms with Crippen molar-refractivity contribution in [3.05, 3.63) is 33.3 Å². The Morgan fingerprint density at radius 3 is 2.22 bits per heavy atom. The van der Waals surface area contributed by atoms with Crippen LogP contribution in [0.2, 0.25) is 10.0 Å². The maximum Gasteiger partial charge on any atom is 0.348 e. The SMILES string of the molecule is C#CCOc1c(Cl)cc(C=C2C(=O)OC(C)(C)OC2=O)cc1Cl. The number of esters is 2. The Kier molecular flexibility index (Phi) is 4.88. The molecule has 1 aliphatic rings. The number of hydrogen-bond acceptors (Lipinski definition) is 5. The fourth-order valence-electron chi connectivity index (χ4n) is 1.86. The van der Waals surface area contributed by atoms with Crippen LogP contribution in [0.25, 0.3) is 6.08 Å². The van der Waals surface area contributed by atoms with Crippen LogP contribution >= 0.6 is 23.2 Å². The second kappa shape index (κ2) is 6.53. The molecule has 0 atom stereocenters. The Morgan fingerprint density at radius 2 is 1.74 bits per heavy atom. The maximum atomic E-state index is 11.9. The van der Waals surface area contributed by atoms with E-state index in [0.717, 1.165) is 0 Å². The maximum absolute atomic E-state index is 11.9. The fraction of sp³-hybridized carbons (Fsp3) is 0.250. The molecule has 0 saturated carbocycles. The Bertz CT molecular complexity index is 698. The Balaban J connectivity index is 2.35. The lowest BCUT2D eigenvalue weighted by Gasteiger charge is -2.29. The normalized spacial score (nSPS) is 16.2. The molecule has 0 aromatic heterocycles. The first-order valence-electron chi connectivity index (χ1n) is 6.47.